The molecule has 0 spiro atoms. The van der Waals surface area contributed by atoms with Crippen LogP contribution >= 0.6 is 11.6 Å². The van der Waals surface area contributed by atoms with Crippen LogP contribution in [0.15, 0.2) is 78.9 Å². The number of carbonyl (C=O) groups is 1. The van der Waals surface area contributed by atoms with Crippen molar-refractivity contribution in [3.05, 3.63) is 106 Å². The minimum Gasteiger partial charge on any atom is -0.368 e. The average Bonchev–Trinajstić information content (AvgIpc) is 2.92. The zero-order valence-corrected chi connectivity index (χ0v) is 21.6. The van der Waals surface area contributed by atoms with Crippen molar-refractivity contribution in [2.24, 2.45) is 0 Å². The molecular formula is C29H30ClF3N2O3. The van der Waals surface area contributed by atoms with Crippen molar-refractivity contribution in [2.45, 2.75) is 25.5 Å². The molecule has 1 aliphatic heterocycles. The van der Waals surface area contributed by atoms with Crippen LogP contribution in [-0.2, 0) is 33.7 Å². The van der Waals surface area contributed by atoms with Crippen molar-refractivity contribution >= 4 is 17.5 Å². The zero-order chi connectivity index (χ0) is 27.0. The minimum absolute atomic E-state index is 0.0339. The molecule has 5 nitrogen and oxygen atoms in total. The molecule has 1 heterocycles. The molecule has 0 bridgehead atoms. The monoisotopic (exact) mass is 546 g/mol. The van der Waals surface area contributed by atoms with Crippen LogP contribution in [0.25, 0.3) is 0 Å². The van der Waals surface area contributed by atoms with Gasteiger partial charge in [-0.1, -0.05) is 66.2 Å². The van der Waals surface area contributed by atoms with Gasteiger partial charge in [-0.25, -0.2) is 0 Å². The van der Waals surface area contributed by atoms with Gasteiger partial charge >= 0.3 is 6.18 Å². The van der Waals surface area contributed by atoms with Gasteiger partial charge in [-0.3, -0.25) is 9.69 Å². The van der Waals surface area contributed by atoms with Crippen molar-refractivity contribution in [2.75, 3.05) is 39.3 Å². The Hall–Kier alpha value is -2.91. The first kappa shape index (κ1) is 28.1. The molecule has 0 aromatic heterocycles. The lowest BCUT2D eigenvalue weighted by Gasteiger charge is -2.36. The van der Waals surface area contributed by atoms with E-state index in [2.05, 4.69) is 4.90 Å². The molecule has 4 rings (SSSR count). The van der Waals surface area contributed by atoms with E-state index in [4.69, 9.17) is 21.1 Å². The molecule has 1 amide bonds. The number of hydrogen-bond donors (Lipinski definition) is 0. The van der Waals surface area contributed by atoms with Gasteiger partial charge in [-0.15, -0.1) is 0 Å². The summed E-state index contributed by atoms with van der Waals surface area (Å²) in [6.45, 7) is 3.71. The Balaban J connectivity index is 1.29. The van der Waals surface area contributed by atoms with Gasteiger partial charge in [-0.2, -0.15) is 13.2 Å². The van der Waals surface area contributed by atoms with Gasteiger partial charge in [0.25, 0.3) is 0 Å². The second-order valence-corrected chi connectivity index (χ2v) is 9.64. The molecule has 0 radical (unpaired) electrons. The zero-order valence-electron chi connectivity index (χ0n) is 20.9. The van der Waals surface area contributed by atoms with Crippen LogP contribution in [0.5, 0.6) is 0 Å². The maximum atomic E-state index is 12.9. The maximum Gasteiger partial charge on any atom is 0.416 e. The van der Waals surface area contributed by atoms with E-state index in [1.807, 2.05) is 47.4 Å². The molecule has 1 fully saturated rings. The highest BCUT2D eigenvalue weighted by molar-refractivity contribution is 6.30. The summed E-state index contributed by atoms with van der Waals surface area (Å²) in [6.07, 6.45) is -4.69. The van der Waals surface area contributed by atoms with Gasteiger partial charge < -0.3 is 14.4 Å². The highest BCUT2D eigenvalue weighted by atomic mass is 35.5. The van der Waals surface area contributed by atoms with Gasteiger partial charge in [0, 0.05) is 37.7 Å². The summed E-state index contributed by atoms with van der Waals surface area (Å²) >= 11 is 6.06. The third-order valence-corrected chi connectivity index (χ3v) is 6.71. The van der Waals surface area contributed by atoms with Crippen LogP contribution in [0.1, 0.15) is 28.4 Å². The molecule has 0 N–H and O–H groups in total. The number of amides is 1. The van der Waals surface area contributed by atoms with E-state index in [0.29, 0.717) is 49.9 Å². The van der Waals surface area contributed by atoms with Gasteiger partial charge in [-0.05, 0) is 41.0 Å². The predicted molar refractivity (Wildman–Crippen MR) is 140 cm³/mol. The molecule has 202 valence electrons. The van der Waals surface area contributed by atoms with Crippen molar-refractivity contribution in [3.63, 3.8) is 0 Å². The van der Waals surface area contributed by atoms with Crippen molar-refractivity contribution in [3.8, 4) is 0 Å². The van der Waals surface area contributed by atoms with Gasteiger partial charge in [0.05, 0.1) is 24.9 Å². The van der Waals surface area contributed by atoms with Gasteiger partial charge in [0.15, 0.2) is 0 Å². The number of hydrogen-bond acceptors (Lipinski definition) is 4. The van der Waals surface area contributed by atoms with E-state index in [1.54, 1.807) is 12.1 Å². The molecule has 1 saturated heterocycles. The van der Waals surface area contributed by atoms with Crippen LogP contribution < -0.4 is 0 Å². The van der Waals surface area contributed by atoms with Crippen LogP contribution in [0.3, 0.4) is 0 Å². The predicted octanol–water partition coefficient (Wildman–Crippen LogP) is 5.98. The number of piperazine rings is 1. The largest absolute Gasteiger partial charge is 0.416 e. The van der Waals surface area contributed by atoms with Crippen LogP contribution in [-0.4, -0.2) is 55.0 Å². The number of benzene rings is 3. The summed E-state index contributed by atoms with van der Waals surface area (Å²) in [5.74, 6) is -0.0339. The molecular weight excluding hydrogens is 517 g/mol. The highest BCUT2D eigenvalue weighted by Gasteiger charge is 2.30. The van der Waals surface area contributed by atoms with Crippen molar-refractivity contribution in [1.29, 1.82) is 0 Å². The summed E-state index contributed by atoms with van der Waals surface area (Å²) in [7, 11) is 0. The van der Waals surface area contributed by atoms with Gasteiger partial charge in [0.2, 0.25) is 5.91 Å². The van der Waals surface area contributed by atoms with E-state index in [0.717, 1.165) is 23.3 Å². The lowest BCUT2D eigenvalue weighted by Crippen LogP contribution is -2.50. The number of halogens is 4. The van der Waals surface area contributed by atoms with Crippen LogP contribution in [0.4, 0.5) is 13.2 Å². The fraction of sp³-hybridized carbons (Fsp3) is 0.345. The van der Waals surface area contributed by atoms with Crippen LogP contribution in [0.2, 0.25) is 5.02 Å². The SMILES string of the molecule is O=C(COCc1ccccc1)N1CCN(CC(OCc2ccc(C(F)(F)F)cc2)c2ccc(Cl)cc2)CC1. The quantitative estimate of drug-likeness (QED) is 0.314. The Morgan fingerprint density at radius 1 is 0.842 bits per heavy atom. The summed E-state index contributed by atoms with van der Waals surface area (Å²) in [5.41, 5.74) is 1.92. The Bertz CT molecular complexity index is 1150. The molecule has 3 aromatic rings. The molecule has 9 heteroatoms. The van der Waals surface area contributed by atoms with E-state index in [-0.39, 0.29) is 25.2 Å². The first-order chi connectivity index (χ1) is 18.3. The first-order valence-electron chi connectivity index (χ1n) is 12.4. The number of nitrogens with zero attached hydrogens (tertiary/aromatic N) is 2. The molecule has 1 unspecified atom stereocenters. The maximum absolute atomic E-state index is 12.9. The standard InChI is InChI=1S/C29H30ClF3N2O3/c30-26-12-8-24(9-13-26)27(38-20-23-6-10-25(11-7-23)29(31,32)33)18-34-14-16-35(17-15-34)28(36)21-37-19-22-4-2-1-3-5-22/h1-13,27H,14-21H2. The smallest absolute Gasteiger partial charge is 0.368 e. The number of rotatable bonds is 10. The Morgan fingerprint density at radius 3 is 2.11 bits per heavy atom. The fourth-order valence-corrected chi connectivity index (χ4v) is 4.38. The number of carbonyl (C=O) groups excluding carboxylic acids is 1. The average molecular weight is 547 g/mol. The van der Waals surface area contributed by atoms with Crippen molar-refractivity contribution < 1.29 is 27.4 Å². The summed E-state index contributed by atoms with van der Waals surface area (Å²) in [6, 6.07) is 22.1. The number of alkyl halides is 3. The Kier molecular flexibility index (Phi) is 9.80. The normalized spacial score (nSPS) is 15.4. The van der Waals surface area contributed by atoms with E-state index in [1.165, 1.54) is 12.1 Å². The van der Waals surface area contributed by atoms with Gasteiger partial charge in [0.1, 0.15) is 6.61 Å². The van der Waals surface area contributed by atoms with Crippen molar-refractivity contribution in [1.82, 2.24) is 9.80 Å². The molecule has 0 saturated carbocycles. The molecule has 1 atom stereocenters. The molecule has 3 aromatic carbocycles. The molecule has 38 heavy (non-hydrogen) atoms. The summed E-state index contributed by atoms with van der Waals surface area (Å²) in [5, 5.41) is 0.608. The van der Waals surface area contributed by atoms with E-state index in [9.17, 15) is 18.0 Å². The Labute approximate surface area is 225 Å². The second-order valence-electron chi connectivity index (χ2n) is 9.21. The van der Waals surface area contributed by atoms with Crippen LogP contribution in [0, 0.1) is 0 Å². The third-order valence-electron chi connectivity index (χ3n) is 6.46. The summed E-state index contributed by atoms with van der Waals surface area (Å²) in [4.78, 5) is 16.6. The topological polar surface area (TPSA) is 42.0 Å². The van der Waals surface area contributed by atoms with E-state index < -0.39 is 11.7 Å². The highest BCUT2D eigenvalue weighted by Crippen LogP contribution is 2.30. The minimum atomic E-state index is -4.37. The first-order valence-corrected chi connectivity index (χ1v) is 12.8. The Morgan fingerprint density at radius 2 is 1.47 bits per heavy atom. The van der Waals surface area contributed by atoms with E-state index >= 15 is 0 Å². The third kappa shape index (κ3) is 8.30. The second kappa shape index (κ2) is 13.2. The molecule has 1 aliphatic rings. The summed E-state index contributed by atoms with van der Waals surface area (Å²) < 4.78 is 50.4. The number of ether oxygens (including phenoxy) is 2. The lowest BCUT2D eigenvalue weighted by molar-refractivity contribution is -0.139. The molecule has 0 aliphatic carbocycles. The fourth-order valence-electron chi connectivity index (χ4n) is 4.25. The lowest BCUT2D eigenvalue weighted by atomic mass is 10.1.